The molecule has 3 aromatic rings. The molecule has 0 aliphatic carbocycles. The fourth-order valence-electron chi connectivity index (χ4n) is 6.58. The van der Waals surface area contributed by atoms with Crippen LogP contribution >= 0.6 is 0 Å². The van der Waals surface area contributed by atoms with Gasteiger partial charge in [0.2, 0.25) is 0 Å². The van der Waals surface area contributed by atoms with E-state index in [1.54, 1.807) is 48.5 Å². The van der Waals surface area contributed by atoms with Gasteiger partial charge in [0, 0.05) is 36.4 Å². The van der Waals surface area contributed by atoms with Crippen molar-refractivity contribution in [2.75, 3.05) is 33.5 Å². The molecular weight excluding hydrogens is 759 g/mol. The summed E-state index contributed by atoms with van der Waals surface area (Å²) in [5.74, 6) is -0.641. The zero-order chi connectivity index (χ0) is 42.8. The van der Waals surface area contributed by atoms with Gasteiger partial charge < -0.3 is 33.2 Å². The first-order chi connectivity index (χ1) is 28.1. The fraction of sp³-hybridized carbons (Fsp3) is 0.457. The SMILES string of the molecule is C=CC(=O)OCCCOc1ccc(C(=O)Oc2ccc(OC(=O)c3ccc(OCCCCCCOC(=O)CCC(=O)OC4CC(C)(C)N(C)C(C)(C)C4)cc3)cc2)cc1. The van der Waals surface area contributed by atoms with E-state index in [9.17, 15) is 24.0 Å². The number of ether oxygens (including phenoxy) is 7. The molecule has 59 heavy (non-hydrogen) atoms. The minimum absolute atomic E-state index is 0.00642. The van der Waals surface area contributed by atoms with Crippen molar-refractivity contribution < 1.29 is 57.1 Å². The van der Waals surface area contributed by atoms with Crippen molar-refractivity contribution in [2.24, 2.45) is 0 Å². The fourth-order valence-corrected chi connectivity index (χ4v) is 6.58. The summed E-state index contributed by atoms with van der Waals surface area (Å²) in [6.45, 7) is 13.3. The van der Waals surface area contributed by atoms with Gasteiger partial charge in [-0.15, -0.1) is 0 Å². The normalized spacial score (nSPS) is 14.7. The van der Waals surface area contributed by atoms with Crippen LogP contribution in [0.3, 0.4) is 0 Å². The first-order valence-corrected chi connectivity index (χ1v) is 20.0. The smallest absolute Gasteiger partial charge is 0.343 e. The number of carbonyl (C=O) groups excluding carboxylic acids is 5. The van der Waals surface area contributed by atoms with Gasteiger partial charge in [0.1, 0.15) is 29.1 Å². The van der Waals surface area contributed by atoms with Crippen LogP contribution in [0.25, 0.3) is 0 Å². The number of rotatable bonds is 22. The third-order valence-electron chi connectivity index (χ3n) is 10.1. The van der Waals surface area contributed by atoms with Crippen LogP contribution in [0.5, 0.6) is 23.0 Å². The van der Waals surface area contributed by atoms with Crippen molar-refractivity contribution in [2.45, 2.75) is 103 Å². The highest BCUT2D eigenvalue weighted by atomic mass is 16.6. The van der Waals surface area contributed by atoms with E-state index in [0.29, 0.717) is 55.3 Å². The van der Waals surface area contributed by atoms with Crippen LogP contribution in [0, 0.1) is 0 Å². The molecule has 13 heteroatoms. The van der Waals surface area contributed by atoms with Gasteiger partial charge in [-0.25, -0.2) is 14.4 Å². The molecule has 1 saturated heterocycles. The van der Waals surface area contributed by atoms with Gasteiger partial charge in [-0.3, -0.25) is 14.5 Å². The predicted molar refractivity (Wildman–Crippen MR) is 220 cm³/mol. The summed E-state index contributed by atoms with van der Waals surface area (Å²) in [6.07, 6.45) is 6.22. The van der Waals surface area contributed by atoms with E-state index in [2.05, 4.69) is 46.2 Å². The van der Waals surface area contributed by atoms with Crippen LogP contribution in [0.15, 0.2) is 85.5 Å². The molecule has 1 aliphatic heterocycles. The molecule has 0 bridgehead atoms. The average molecular weight is 816 g/mol. The minimum Gasteiger partial charge on any atom is -0.494 e. The van der Waals surface area contributed by atoms with Gasteiger partial charge in [-0.1, -0.05) is 6.58 Å². The molecule has 1 heterocycles. The Labute approximate surface area is 346 Å². The Morgan fingerprint density at radius 2 is 1.02 bits per heavy atom. The number of hydrogen-bond acceptors (Lipinski definition) is 13. The molecule has 3 aromatic carbocycles. The van der Waals surface area contributed by atoms with Crippen molar-refractivity contribution >= 4 is 29.8 Å². The molecule has 0 atom stereocenters. The Morgan fingerprint density at radius 3 is 1.51 bits per heavy atom. The molecular formula is C46H57NO12. The van der Waals surface area contributed by atoms with Crippen LogP contribution < -0.4 is 18.9 Å². The van der Waals surface area contributed by atoms with Crippen LogP contribution in [-0.4, -0.2) is 85.4 Å². The van der Waals surface area contributed by atoms with E-state index in [0.717, 1.165) is 38.2 Å². The van der Waals surface area contributed by atoms with E-state index >= 15 is 0 Å². The third kappa shape index (κ3) is 15.5. The number of esters is 5. The maximum atomic E-state index is 12.7. The summed E-state index contributed by atoms with van der Waals surface area (Å²) in [6, 6.07) is 19.2. The number of likely N-dealkylation sites (tertiary alicyclic amines) is 1. The minimum atomic E-state index is -0.567. The van der Waals surface area contributed by atoms with Crippen molar-refractivity contribution in [3.63, 3.8) is 0 Å². The van der Waals surface area contributed by atoms with Crippen molar-refractivity contribution in [3.05, 3.63) is 96.6 Å². The van der Waals surface area contributed by atoms with Gasteiger partial charge in [0.05, 0.1) is 50.4 Å². The highest BCUT2D eigenvalue weighted by Gasteiger charge is 2.44. The molecule has 0 N–H and O–H groups in total. The number of nitrogens with zero attached hydrogens (tertiary/aromatic N) is 1. The summed E-state index contributed by atoms with van der Waals surface area (Å²) in [4.78, 5) is 63.3. The Bertz CT molecular complexity index is 1830. The zero-order valence-corrected chi connectivity index (χ0v) is 34.8. The molecule has 318 valence electrons. The summed E-state index contributed by atoms with van der Waals surface area (Å²) in [7, 11) is 2.10. The monoisotopic (exact) mass is 815 g/mol. The zero-order valence-electron chi connectivity index (χ0n) is 34.8. The second kappa shape index (κ2) is 22.5. The molecule has 13 nitrogen and oxygen atoms in total. The maximum Gasteiger partial charge on any atom is 0.343 e. The van der Waals surface area contributed by atoms with E-state index in [1.165, 1.54) is 24.3 Å². The number of carbonyl (C=O) groups is 5. The second-order valence-corrected chi connectivity index (χ2v) is 15.6. The van der Waals surface area contributed by atoms with Crippen molar-refractivity contribution in [1.82, 2.24) is 4.90 Å². The standard InChI is InChI=1S/C46H57NO12/c1-7-40(48)55-30-12-29-54-36-19-15-34(16-20-36)44(52)59-38-23-21-37(22-24-38)58-43(51)33-13-17-35(18-14-33)53-27-10-8-9-11-28-56-41(49)25-26-42(50)57-39-31-45(2,3)47(6)46(4,5)32-39/h7,13-24,39H,1,8-12,25-32H2,2-6H3. The molecule has 0 radical (unpaired) electrons. The average Bonchev–Trinajstić information content (AvgIpc) is 3.20. The van der Waals surface area contributed by atoms with Gasteiger partial charge in [-0.05, 0) is 133 Å². The van der Waals surface area contributed by atoms with Crippen LogP contribution in [0.2, 0.25) is 0 Å². The van der Waals surface area contributed by atoms with Gasteiger partial charge in [0.25, 0.3) is 0 Å². The van der Waals surface area contributed by atoms with E-state index in [4.69, 9.17) is 33.2 Å². The van der Waals surface area contributed by atoms with E-state index in [-0.39, 0.29) is 54.1 Å². The van der Waals surface area contributed by atoms with Gasteiger partial charge in [0.15, 0.2) is 0 Å². The molecule has 0 saturated carbocycles. The summed E-state index contributed by atoms with van der Waals surface area (Å²) < 4.78 is 38.2. The molecule has 4 rings (SSSR count). The Kier molecular flexibility index (Phi) is 17.5. The second-order valence-electron chi connectivity index (χ2n) is 15.6. The Balaban J connectivity index is 1.04. The van der Waals surface area contributed by atoms with Gasteiger partial charge >= 0.3 is 29.8 Å². The highest BCUT2D eigenvalue weighted by Crippen LogP contribution is 2.38. The quantitative estimate of drug-likeness (QED) is 0.0316. The van der Waals surface area contributed by atoms with E-state index in [1.807, 2.05) is 0 Å². The van der Waals surface area contributed by atoms with Crippen molar-refractivity contribution in [3.8, 4) is 23.0 Å². The van der Waals surface area contributed by atoms with Crippen LogP contribution in [0.4, 0.5) is 0 Å². The topological polar surface area (TPSA) is 153 Å². The molecule has 0 spiro atoms. The first-order valence-electron chi connectivity index (χ1n) is 20.0. The number of hydrogen-bond donors (Lipinski definition) is 0. The molecule has 0 amide bonds. The molecule has 1 aliphatic rings. The lowest BCUT2D eigenvalue weighted by molar-refractivity contribution is -0.161. The lowest BCUT2D eigenvalue weighted by Gasteiger charge is -2.53. The number of benzene rings is 3. The molecule has 0 aromatic heterocycles. The van der Waals surface area contributed by atoms with Gasteiger partial charge in [-0.2, -0.15) is 0 Å². The Morgan fingerprint density at radius 1 is 0.593 bits per heavy atom. The van der Waals surface area contributed by atoms with Crippen LogP contribution in [-0.2, 0) is 28.6 Å². The summed E-state index contributed by atoms with van der Waals surface area (Å²) in [5.41, 5.74) is 0.481. The lowest BCUT2D eigenvalue weighted by Crippen LogP contribution is -2.60. The summed E-state index contributed by atoms with van der Waals surface area (Å²) >= 11 is 0. The third-order valence-corrected chi connectivity index (χ3v) is 10.1. The Hall–Kier alpha value is -5.69. The highest BCUT2D eigenvalue weighted by molar-refractivity contribution is 5.92. The first kappa shape index (κ1) is 46.0. The summed E-state index contributed by atoms with van der Waals surface area (Å²) in [5, 5.41) is 0. The largest absolute Gasteiger partial charge is 0.494 e. The van der Waals surface area contributed by atoms with E-state index < -0.39 is 23.9 Å². The molecule has 0 unspecified atom stereocenters. The lowest BCUT2D eigenvalue weighted by atomic mass is 9.79. The maximum absolute atomic E-state index is 12.7. The molecule has 1 fully saturated rings. The number of unbranched alkanes of at least 4 members (excludes halogenated alkanes) is 3. The number of piperidine rings is 1. The van der Waals surface area contributed by atoms with Crippen molar-refractivity contribution in [1.29, 1.82) is 0 Å². The van der Waals surface area contributed by atoms with Crippen LogP contribution in [0.1, 0.15) is 106 Å². The predicted octanol–water partition coefficient (Wildman–Crippen LogP) is 8.08.